The Balaban J connectivity index is 1.92. The van der Waals surface area contributed by atoms with Crippen LogP contribution in [0.1, 0.15) is 30.9 Å². The molecule has 1 aliphatic heterocycles. The van der Waals surface area contributed by atoms with Crippen LogP contribution in [0.4, 0.5) is 17.6 Å². The molecule has 1 N–H and O–H groups in total. The van der Waals surface area contributed by atoms with Gasteiger partial charge in [0.25, 0.3) is 0 Å². The number of benzene rings is 1. The molecule has 0 aromatic heterocycles. The van der Waals surface area contributed by atoms with Crippen LogP contribution < -0.4 is 5.32 Å². The summed E-state index contributed by atoms with van der Waals surface area (Å²) in [7, 11) is 0. The van der Waals surface area contributed by atoms with Gasteiger partial charge in [0.2, 0.25) is 0 Å². The molecule has 21 heavy (non-hydrogen) atoms. The molecule has 0 unspecified atom stereocenters. The second kappa shape index (κ2) is 6.75. The average Bonchev–Trinajstić information content (AvgIpc) is 2.45. The molecule has 1 aliphatic rings. The summed E-state index contributed by atoms with van der Waals surface area (Å²) in [6.45, 7) is 5.49. The predicted octanol–water partition coefficient (Wildman–Crippen LogP) is 3.42. The second-order valence-corrected chi connectivity index (χ2v) is 5.40. The van der Waals surface area contributed by atoms with Crippen molar-refractivity contribution in [1.82, 2.24) is 10.2 Å². The maximum atomic E-state index is 13.2. The Labute approximate surface area is 122 Å². The molecular formula is C15H20F4N2. The lowest BCUT2D eigenvalue weighted by molar-refractivity contribution is -0.140. The van der Waals surface area contributed by atoms with Crippen molar-refractivity contribution >= 4 is 0 Å². The first kappa shape index (κ1) is 16.2. The molecule has 1 aromatic rings. The fourth-order valence-electron chi connectivity index (χ4n) is 2.62. The monoisotopic (exact) mass is 304 g/mol. The molecule has 0 amide bonds. The minimum Gasteiger partial charge on any atom is -0.310 e. The van der Waals surface area contributed by atoms with Gasteiger partial charge in [-0.05, 0) is 50.2 Å². The van der Waals surface area contributed by atoms with Gasteiger partial charge in [-0.3, -0.25) is 0 Å². The number of hydrogen-bond acceptors (Lipinski definition) is 2. The molecule has 2 rings (SSSR count). The van der Waals surface area contributed by atoms with E-state index in [4.69, 9.17) is 0 Å². The van der Waals surface area contributed by atoms with Crippen LogP contribution in [0.2, 0.25) is 0 Å². The summed E-state index contributed by atoms with van der Waals surface area (Å²) in [5, 5.41) is 3.26. The minimum atomic E-state index is -4.65. The number of piperidine rings is 1. The topological polar surface area (TPSA) is 15.3 Å². The number of likely N-dealkylation sites (tertiary alicyclic amines) is 1. The lowest BCUT2D eigenvalue weighted by Gasteiger charge is -2.31. The van der Waals surface area contributed by atoms with Gasteiger partial charge < -0.3 is 10.2 Å². The third-order valence-corrected chi connectivity index (χ3v) is 3.97. The van der Waals surface area contributed by atoms with Gasteiger partial charge in [0.05, 0.1) is 5.56 Å². The zero-order valence-electron chi connectivity index (χ0n) is 12.0. The summed E-state index contributed by atoms with van der Waals surface area (Å²) in [5.41, 5.74) is -0.732. The summed E-state index contributed by atoms with van der Waals surface area (Å²) in [6.07, 6.45) is -2.67. The summed E-state index contributed by atoms with van der Waals surface area (Å²) in [4.78, 5) is 2.35. The maximum Gasteiger partial charge on any atom is 0.419 e. The third kappa shape index (κ3) is 4.41. The van der Waals surface area contributed by atoms with Gasteiger partial charge in [0.1, 0.15) is 5.82 Å². The van der Waals surface area contributed by atoms with Gasteiger partial charge in [0, 0.05) is 12.6 Å². The zero-order valence-corrected chi connectivity index (χ0v) is 12.0. The highest BCUT2D eigenvalue weighted by atomic mass is 19.4. The molecule has 1 saturated heterocycles. The second-order valence-electron chi connectivity index (χ2n) is 5.40. The van der Waals surface area contributed by atoms with Crippen molar-refractivity contribution in [2.75, 3.05) is 19.6 Å². The van der Waals surface area contributed by atoms with E-state index in [2.05, 4.69) is 17.1 Å². The lowest BCUT2D eigenvalue weighted by Crippen LogP contribution is -2.42. The Morgan fingerprint density at radius 1 is 1.24 bits per heavy atom. The van der Waals surface area contributed by atoms with E-state index in [1.165, 1.54) is 6.07 Å². The van der Waals surface area contributed by atoms with Gasteiger partial charge >= 0.3 is 6.18 Å². The smallest absolute Gasteiger partial charge is 0.310 e. The van der Waals surface area contributed by atoms with Crippen molar-refractivity contribution in [2.45, 2.75) is 38.5 Å². The van der Waals surface area contributed by atoms with Crippen LogP contribution in [0.3, 0.4) is 0 Å². The summed E-state index contributed by atoms with van der Waals surface area (Å²) >= 11 is 0. The molecule has 2 nitrogen and oxygen atoms in total. The van der Waals surface area contributed by atoms with Crippen molar-refractivity contribution < 1.29 is 17.6 Å². The number of nitrogens with one attached hydrogen (secondary N) is 1. The van der Waals surface area contributed by atoms with Crippen molar-refractivity contribution in [1.29, 1.82) is 0 Å². The zero-order chi connectivity index (χ0) is 15.5. The van der Waals surface area contributed by atoms with E-state index in [1.807, 2.05) is 0 Å². The van der Waals surface area contributed by atoms with E-state index in [-0.39, 0.29) is 0 Å². The molecule has 1 heterocycles. The normalized spacial score (nSPS) is 18.1. The minimum absolute atomic E-state index is 0.312. The maximum absolute atomic E-state index is 13.2. The van der Waals surface area contributed by atoms with Crippen LogP contribution in [0.25, 0.3) is 0 Å². The van der Waals surface area contributed by atoms with Crippen LogP contribution in [0, 0.1) is 5.82 Å². The number of alkyl halides is 3. The van der Waals surface area contributed by atoms with Crippen molar-refractivity contribution in [3.8, 4) is 0 Å². The first-order valence-electron chi connectivity index (χ1n) is 7.21. The quantitative estimate of drug-likeness (QED) is 0.858. The van der Waals surface area contributed by atoms with E-state index in [1.54, 1.807) is 0 Å². The van der Waals surface area contributed by atoms with Crippen LogP contribution in [-0.2, 0) is 12.7 Å². The molecule has 6 heteroatoms. The number of halogens is 4. The van der Waals surface area contributed by atoms with Crippen molar-refractivity contribution in [3.63, 3.8) is 0 Å². The molecule has 1 aromatic carbocycles. The molecule has 0 saturated carbocycles. The molecule has 0 radical (unpaired) electrons. The van der Waals surface area contributed by atoms with E-state index in [9.17, 15) is 17.6 Å². The molecule has 0 spiro atoms. The van der Waals surface area contributed by atoms with E-state index < -0.39 is 17.6 Å². The predicted molar refractivity (Wildman–Crippen MR) is 73.4 cm³/mol. The highest BCUT2D eigenvalue weighted by Gasteiger charge is 2.34. The third-order valence-electron chi connectivity index (χ3n) is 3.97. The molecule has 0 bridgehead atoms. The summed E-state index contributed by atoms with van der Waals surface area (Å²) in [6, 6.07) is 3.49. The van der Waals surface area contributed by atoms with Gasteiger partial charge in [-0.25, -0.2) is 4.39 Å². The van der Waals surface area contributed by atoms with Crippen LogP contribution >= 0.6 is 0 Å². The fourth-order valence-corrected chi connectivity index (χ4v) is 2.62. The molecule has 0 atom stereocenters. The van der Waals surface area contributed by atoms with Crippen LogP contribution in [0.15, 0.2) is 18.2 Å². The fraction of sp³-hybridized carbons (Fsp3) is 0.600. The summed E-state index contributed by atoms with van der Waals surface area (Å²) < 4.78 is 51.1. The van der Waals surface area contributed by atoms with Gasteiger partial charge in [-0.1, -0.05) is 13.0 Å². The molecular weight excluding hydrogens is 284 g/mol. The largest absolute Gasteiger partial charge is 0.419 e. The van der Waals surface area contributed by atoms with Crippen LogP contribution in [-0.4, -0.2) is 30.6 Å². The Morgan fingerprint density at radius 3 is 2.48 bits per heavy atom. The van der Waals surface area contributed by atoms with Crippen molar-refractivity contribution in [2.24, 2.45) is 0 Å². The Kier molecular flexibility index (Phi) is 5.22. The first-order valence-corrected chi connectivity index (χ1v) is 7.21. The average molecular weight is 304 g/mol. The van der Waals surface area contributed by atoms with Gasteiger partial charge in [-0.2, -0.15) is 13.2 Å². The van der Waals surface area contributed by atoms with Crippen molar-refractivity contribution in [3.05, 3.63) is 35.1 Å². The molecule has 0 aliphatic carbocycles. The van der Waals surface area contributed by atoms with Crippen LogP contribution in [0.5, 0.6) is 0 Å². The Bertz CT molecular complexity index is 465. The highest BCUT2D eigenvalue weighted by Crippen LogP contribution is 2.31. The van der Waals surface area contributed by atoms with Gasteiger partial charge in [0.15, 0.2) is 0 Å². The Morgan fingerprint density at radius 2 is 1.90 bits per heavy atom. The standard InChI is InChI=1S/C15H20F4N2/c1-2-21-7-5-12(6-8-21)20-10-11-3-4-14(16)13(9-11)15(17,18)19/h3-4,9,12,20H,2,5-8,10H2,1H3. The number of rotatable bonds is 4. The number of hydrogen-bond donors (Lipinski definition) is 1. The van der Waals surface area contributed by atoms with E-state index >= 15 is 0 Å². The SMILES string of the molecule is CCN1CCC(NCc2ccc(F)c(C(F)(F)F)c2)CC1. The van der Waals surface area contributed by atoms with E-state index in [0.717, 1.165) is 44.6 Å². The highest BCUT2D eigenvalue weighted by molar-refractivity contribution is 5.27. The lowest BCUT2D eigenvalue weighted by atomic mass is 10.0. The molecule has 1 fully saturated rings. The Hall–Kier alpha value is -1.14. The number of nitrogens with zero attached hydrogens (tertiary/aromatic N) is 1. The van der Waals surface area contributed by atoms with E-state index in [0.29, 0.717) is 18.2 Å². The first-order chi connectivity index (χ1) is 9.90. The summed E-state index contributed by atoms with van der Waals surface area (Å²) in [5.74, 6) is -1.22. The molecule has 118 valence electrons. The van der Waals surface area contributed by atoms with Gasteiger partial charge in [-0.15, -0.1) is 0 Å².